The summed E-state index contributed by atoms with van der Waals surface area (Å²) in [5.41, 5.74) is 7.17. The van der Waals surface area contributed by atoms with Crippen molar-refractivity contribution in [1.29, 1.82) is 0 Å². The number of aromatic nitrogens is 3. The standard InChI is InChI=1S/C14H20IN5/c1-14(2,3)19-5-4-9(6-19)20-7-10(15)11-12(16)17-8-18-13(11)20/h7-9H,4-6H2,1-3H3,(H2,16,17,18)/t9-/m1/s1. The Bertz CT molecular complexity index is 643. The largest absolute Gasteiger partial charge is 0.383 e. The van der Waals surface area contributed by atoms with Crippen LogP contribution in [0.25, 0.3) is 11.0 Å². The zero-order valence-corrected chi connectivity index (χ0v) is 14.3. The van der Waals surface area contributed by atoms with Crippen molar-refractivity contribution >= 4 is 39.4 Å². The van der Waals surface area contributed by atoms with Crippen molar-refractivity contribution in [2.75, 3.05) is 18.8 Å². The summed E-state index contributed by atoms with van der Waals surface area (Å²) in [6.07, 6.45) is 4.87. The van der Waals surface area contributed by atoms with E-state index in [4.69, 9.17) is 5.73 Å². The van der Waals surface area contributed by atoms with Gasteiger partial charge in [0.25, 0.3) is 0 Å². The minimum atomic E-state index is 0.221. The predicted octanol–water partition coefficient (Wildman–Crippen LogP) is 2.66. The molecule has 20 heavy (non-hydrogen) atoms. The first-order valence-corrected chi connectivity index (χ1v) is 7.97. The Morgan fingerprint density at radius 2 is 2.10 bits per heavy atom. The molecule has 2 aromatic rings. The summed E-state index contributed by atoms with van der Waals surface area (Å²) in [5, 5.41) is 0.988. The van der Waals surface area contributed by atoms with Gasteiger partial charge in [0.2, 0.25) is 0 Å². The van der Waals surface area contributed by atoms with Gasteiger partial charge in [0.15, 0.2) is 0 Å². The van der Waals surface area contributed by atoms with Gasteiger partial charge >= 0.3 is 0 Å². The summed E-state index contributed by atoms with van der Waals surface area (Å²) in [5.74, 6) is 0.573. The molecule has 1 atom stereocenters. The maximum absolute atomic E-state index is 5.99. The van der Waals surface area contributed by atoms with Crippen molar-refractivity contribution in [3.8, 4) is 0 Å². The predicted molar refractivity (Wildman–Crippen MR) is 89.6 cm³/mol. The average Bonchev–Trinajstić information content (AvgIpc) is 2.94. The normalized spacial score (nSPS) is 20.9. The second-order valence-electron chi connectivity index (χ2n) is 6.40. The molecule has 5 nitrogen and oxygen atoms in total. The van der Waals surface area contributed by atoms with Crippen LogP contribution >= 0.6 is 22.6 Å². The quantitative estimate of drug-likeness (QED) is 0.767. The van der Waals surface area contributed by atoms with Gasteiger partial charge in [0, 0.05) is 34.4 Å². The zero-order valence-electron chi connectivity index (χ0n) is 12.1. The zero-order chi connectivity index (χ0) is 14.5. The van der Waals surface area contributed by atoms with E-state index in [1.165, 1.54) is 0 Å². The van der Waals surface area contributed by atoms with Crippen molar-refractivity contribution in [2.45, 2.75) is 38.8 Å². The Kier molecular flexibility index (Phi) is 3.40. The molecule has 1 aliphatic rings. The monoisotopic (exact) mass is 385 g/mol. The fraction of sp³-hybridized carbons (Fsp3) is 0.571. The van der Waals surface area contributed by atoms with Crippen LogP contribution in [0, 0.1) is 3.57 Å². The molecule has 108 valence electrons. The third kappa shape index (κ3) is 2.28. The van der Waals surface area contributed by atoms with E-state index in [0.717, 1.165) is 34.1 Å². The Morgan fingerprint density at radius 1 is 1.35 bits per heavy atom. The van der Waals surface area contributed by atoms with Crippen LogP contribution < -0.4 is 5.73 Å². The van der Waals surface area contributed by atoms with Crippen LogP contribution in [0.2, 0.25) is 0 Å². The molecule has 3 heterocycles. The Balaban J connectivity index is 1.99. The highest BCUT2D eigenvalue weighted by molar-refractivity contribution is 14.1. The van der Waals surface area contributed by atoms with Crippen LogP contribution in [0.4, 0.5) is 5.82 Å². The van der Waals surface area contributed by atoms with Crippen molar-refractivity contribution in [2.24, 2.45) is 0 Å². The van der Waals surface area contributed by atoms with Gasteiger partial charge in [-0.3, -0.25) is 4.90 Å². The highest BCUT2D eigenvalue weighted by Crippen LogP contribution is 2.33. The first-order valence-electron chi connectivity index (χ1n) is 6.89. The molecular formula is C14H20IN5. The maximum atomic E-state index is 5.99. The van der Waals surface area contributed by atoms with Crippen molar-refractivity contribution in [3.63, 3.8) is 0 Å². The lowest BCUT2D eigenvalue weighted by Gasteiger charge is -2.31. The first kappa shape index (κ1) is 14.1. The third-order valence-electron chi connectivity index (χ3n) is 4.10. The van der Waals surface area contributed by atoms with E-state index in [1.807, 2.05) is 0 Å². The average molecular weight is 385 g/mol. The smallest absolute Gasteiger partial charge is 0.146 e. The molecule has 2 N–H and O–H groups in total. The second-order valence-corrected chi connectivity index (χ2v) is 7.56. The summed E-state index contributed by atoms with van der Waals surface area (Å²) >= 11 is 2.32. The Morgan fingerprint density at radius 3 is 2.75 bits per heavy atom. The number of hydrogen-bond acceptors (Lipinski definition) is 4. The lowest BCUT2D eigenvalue weighted by Crippen LogP contribution is -2.39. The number of fused-ring (bicyclic) bond motifs is 1. The molecule has 0 aliphatic carbocycles. The van der Waals surface area contributed by atoms with Crippen LogP contribution in [0.3, 0.4) is 0 Å². The summed E-state index contributed by atoms with van der Waals surface area (Å²) < 4.78 is 3.41. The second kappa shape index (κ2) is 4.84. The van der Waals surface area contributed by atoms with E-state index in [2.05, 4.69) is 69.0 Å². The highest BCUT2D eigenvalue weighted by atomic mass is 127. The van der Waals surface area contributed by atoms with E-state index < -0.39 is 0 Å². The molecule has 2 aromatic heterocycles. The molecule has 0 saturated carbocycles. The van der Waals surface area contributed by atoms with Gasteiger partial charge in [-0.05, 0) is 49.8 Å². The molecule has 0 radical (unpaired) electrons. The third-order valence-corrected chi connectivity index (χ3v) is 4.92. The SMILES string of the molecule is CC(C)(C)N1CC[C@@H](n2cc(I)c3c(N)ncnc32)C1. The molecule has 6 heteroatoms. The molecular weight excluding hydrogens is 365 g/mol. The Labute approximate surface area is 132 Å². The van der Waals surface area contributed by atoms with Gasteiger partial charge in [-0.15, -0.1) is 0 Å². The summed E-state index contributed by atoms with van der Waals surface area (Å²) in [4.78, 5) is 11.1. The van der Waals surface area contributed by atoms with Gasteiger partial charge < -0.3 is 10.3 Å². The Hall–Kier alpha value is -0.890. The lowest BCUT2D eigenvalue weighted by atomic mass is 10.1. The molecule has 0 bridgehead atoms. The number of nitrogen functional groups attached to an aromatic ring is 1. The van der Waals surface area contributed by atoms with Crippen LogP contribution in [-0.4, -0.2) is 38.1 Å². The maximum Gasteiger partial charge on any atom is 0.146 e. The molecule has 0 aromatic carbocycles. The van der Waals surface area contributed by atoms with Crippen LogP contribution in [0.1, 0.15) is 33.2 Å². The van der Waals surface area contributed by atoms with Gasteiger partial charge in [0.1, 0.15) is 17.8 Å². The summed E-state index contributed by atoms with van der Waals surface area (Å²) in [7, 11) is 0. The summed E-state index contributed by atoms with van der Waals surface area (Å²) in [6.45, 7) is 9.01. The number of rotatable bonds is 1. The van der Waals surface area contributed by atoms with Crippen LogP contribution in [0.15, 0.2) is 12.5 Å². The van der Waals surface area contributed by atoms with Crippen molar-refractivity contribution < 1.29 is 0 Å². The number of halogens is 1. The fourth-order valence-corrected chi connectivity index (χ4v) is 3.74. The molecule has 0 spiro atoms. The van der Waals surface area contributed by atoms with Crippen molar-refractivity contribution in [3.05, 3.63) is 16.1 Å². The van der Waals surface area contributed by atoms with Gasteiger partial charge in [0.05, 0.1) is 5.39 Å². The van der Waals surface area contributed by atoms with Crippen molar-refractivity contribution in [1.82, 2.24) is 19.4 Å². The number of anilines is 1. The number of nitrogens with zero attached hydrogens (tertiary/aromatic N) is 4. The van der Waals surface area contributed by atoms with E-state index >= 15 is 0 Å². The molecule has 1 fully saturated rings. The number of nitrogens with two attached hydrogens (primary N) is 1. The molecule has 3 rings (SSSR count). The van der Waals surface area contributed by atoms with Gasteiger partial charge in [-0.1, -0.05) is 0 Å². The van der Waals surface area contributed by atoms with E-state index in [0.29, 0.717) is 11.9 Å². The highest BCUT2D eigenvalue weighted by Gasteiger charge is 2.32. The minimum Gasteiger partial charge on any atom is -0.383 e. The van der Waals surface area contributed by atoms with E-state index in [-0.39, 0.29) is 5.54 Å². The van der Waals surface area contributed by atoms with Gasteiger partial charge in [-0.2, -0.15) is 0 Å². The van der Waals surface area contributed by atoms with Crippen LogP contribution in [-0.2, 0) is 0 Å². The lowest BCUT2D eigenvalue weighted by molar-refractivity contribution is 0.169. The van der Waals surface area contributed by atoms with E-state index in [1.54, 1.807) is 6.33 Å². The topological polar surface area (TPSA) is 60.0 Å². The summed E-state index contributed by atoms with van der Waals surface area (Å²) in [6, 6.07) is 0.467. The molecule has 1 aliphatic heterocycles. The fourth-order valence-electron chi connectivity index (χ4n) is 2.92. The minimum absolute atomic E-state index is 0.221. The molecule has 0 amide bonds. The molecule has 0 unspecified atom stereocenters. The number of hydrogen-bond donors (Lipinski definition) is 1. The van der Waals surface area contributed by atoms with Gasteiger partial charge in [-0.25, -0.2) is 9.97 Å². The first-order chi connectivity index (χ1) is 9.38. The molecule has 1 saturated heterocycles. The number of likely N-dealkylation sites (tertiary alicyclic amines) is 1. The van der Waals surface area contributed by atoms with Crippen LogP contribution in [0.5, 0.6) is 0 Å². The van der Waals surface area contributed by atoms with E-state index in [9.17, 15) is 0 Å².